The Labute approximate surface area is 295 Å². The molecule has 1 saturated heterocycles. The summed E-state index contributed by atoms with van der Waals surface area (Å²) >= 11 is 1.49. The number of amides is 1. The number of oxazole rings is 1. The Morgan fingerprint density at radius 1 is 0.800 bits per heavy atom. The van der Waals surface area contributed by atoms with Gasteiger partial charge in [0.15, 0.2) is 12.1 Å². The van der Waals surface area contributed by atoms with Crippen molar-refractivity contribution in [3.63, 3.8) is 0 Å². The molecule has 0 bridgehead atoms. The summed E-state index contributed by atoms with van der Waals surface area (Å²) in [6, 6.07) is 35.2. The van der Waals surface area contributed by atoms with E-state index < -0.39 is 12.3 Å². The number of aliphatic carboxylic acids is 1. The van der Waals surface area contributed by atoms with E-state index in [4.69, 9.17) is 24.0 Å². The molecule has 1 aliphatic rings. The smallest absolute Gasteiger partial charge is 0.303 e. The van der Waals surface area contributed by atoms with E-state index in [2.05, 4.69) is 5.32 Å². The maximum atomic E-state index is 12.6. The molecule has 4 aromatic carbocycles. The summed E-state index contributed by atoms with van der Waals surface area (Å²) in [5.74, 6) is 0.323. The van der Waals surface area contributed by atoms with Gasteiger partial charge in [-0.05, 0) is 36.1 Å². The van der Waals surface area contributed by atoms with Crippen molar-refractivity contribution >= 4 is 29.3 Å². The second-order valence-corrected chi connectivity index (χ2v) is 13.1. The van der Waals surface area contributed by atoms with E-state index in [1.807, 2.05) is 109 Å². The molecule has 2 heterocycles. The molecule has 0 unspecified atom stereocenters. The summed E-state index contributed by atoms with van der Waals surface area (Å²) in [4.78, 5) is 28.3. The zero-order valence-electron chi connectivity index (χ0n) is 27.6. The number of thioether (sulfide) groups is 1. The van der Waals surface area contributed by atoms with Crippen LogP contribution in [0.25, 0.3) is 22.6 Å². The number of aliphatic hydroxyl groups excluding tert-OH is 1. The zero-order valence-corrected chi connectivity index (χ0v) is 28.4. The van der Waals surface area contributed by atoms with Gasteiger partial charge in [0.2, 0.25) is 5.91 Å². The van der Waals surface area contributed by atoms with Crippen LogP contribution in [0.1, 0.15) is 67.6 Å². The van der Waals surface area contributed by atoms with Gasteiger partial charge in [-0.3, -0.25) is 9.59 Å². The Hall–Kier alpha value is -4.74. The van der Waals surface area contributed by atoms with Gasteiger partial charge in [0.25, 0.3) is 5.22 Å². The number of nitrogens with one attached hydrogen (secondary N) is 1. The number of unbranched alkanes of at least 4 members (excludes halogenated alkanes) is 2. The van der Waals surface area contributed by atoms with Crippen LogP contribution < -0.4 is 5.32 Å². The Morgan fingerprint density at radius 3 is 2.24 bits per heavy atom. The van der Waals surface area contributed by atoms with Gasteiger partial charge in [0.1, 0.15) is 5.69 Å². The van der Waals surface area contributed by atoms with E-state index in [9.17, 15) is 14.7 Å². The average Bonchev–Trinajstić information content (AvgIpc) is 3.59. The highest BCUT2D eigenvalue weighted by atomic mass is 32.2. The molecule has 0 aliphatic carbocycles. The third-order valence-electron chi connectivity index (χ3n) is 8.44. The van der Waals surface area contributed by atoms with Crippen LogP contribution in [0, 0.1) is 0 Å². The third-order valence-corrected chi connectivity index (χ3v) is 9.40. The lowest BCUT2D eigenvalue weighted by Crippen LogP contribution is -2.31. The fourth-order valence-electron chi connectivity index (χ4n) is 5.85. The van der Waals surface area contributed by atoms with Crippen LogP contribution in [0.4, 0.5) is 5.69 Å². The molecular formula is C40H40N2O7S. The Bertz CT molecular complexity index is 1790. The number of carboxylic acids is 1. The molecule has 1 aliphatic heterocycles. The molecule has 10 heteroatoms. The van der Waals surface area contributed by atoms with Crippen molar-refractivity contribution in [3.8, 4) is 22.6 Å². The largest absolute Gasteiger partial charge is 0.481 e. The molecule has 0 saturated carbocycles. The van der Waals surface area contributed by atoms with Gasteiger partial charge in [0.05, 0.1) is 18.8 Å². The van der Waals surface area contributed by atoms with Crippen LogP contribution in [0.2, 0.25) is 0 Å². The van der Waals surface area contributed by atoms with E-state index in [1.54, 1.807) is 0 Å². The molecule has 3 N–H and O–H groups in total. The first-order valence-electron chi connectivity index (χ1n) is 16.8. The van der Waals surface area contributed by atoms with Crippen molar-refractivity contribution in [1.82, 2.24) is 4.98 Å². The quantitative estimate of drug-likeness (QED) is 0.0728. The van der Waals surface area contributed by atoms with Crippen molar-refractivity contribution in [2.75, 3.05) is 11.1 Å². The highest BCUT2D eigenvalue weighted by molar-refractivity contribution is 7.99. The number of rotatable bonds is 15. The van der Waals surface area contributed by atoms with E-state index in [0.29, 0.717) is 54.5 Å². The third kappa shape index (κ3) is 9.48. The molecule has 0 spiro atoms. The molecule has 0 radical (unpaired) electrons. The van der Waals surface area contributed by atoms with Crippen molar-refractivity contribution in [2.24, 2.45) is 0 Å². The van der Waals surface area contributed by atoms with Crippen LogP contribution in [0.5, 0.6) is 0 Å². The molecule has 5 aromatic rings. The molecule has 1 aromatic heterocycles. The van der Waals surface area contributed by atoms with Crippen LogP contribution in [0.15, 0.2) is 119 Å². The SMILES string of the molecule is O=C(O)CCCCCC(=O)Nc1cccc([C@@H]2O[C@H](CSc3nc(-c4ccccc4)c(-c4ccccc4)o3)C[C@H](c3ccc(CO)cc3)O2)c1. The number of benzene rings is 4. The minimum Gasteiger partial charge on any atom is -0.481 e. The van der Waals surface area contributed by atoms with Crippen molar-refractivity contribution in [3.05, 3.63) is 126 Å². The number of carbonyl (C=O) groups excluding carboxylic acids is 1. The summed E-state index contributed by atoms with van der Waals surface area (Å²) < 4.78 is 19.5. The Balaban J connectivity index is 1.18. The van der Waals surface area contributed by atoms with Gasteiger partial charge in [-0.2, -0.15) is 0 Å². The van der Waals surface area contributed by atoms with Gasteiger partial charge in [0, 0.05) is 47.4 Å². The second-order valence-electron chi connectivity index (χ2n) is 12.2. The summed E-state index contributed by atoms with van der Waals surface area (Å²) in [5, 5.41) is 21.9. The van der Waals surface area contributed by atoms with Crippen LogP contribution in [-0.4, -0.2) is 38.9 Å². The fourth-order valence-corrected chi connectivity index (χ4v) is 6.69. The number of aliphatic hydroxyl groups is 1. The number of aromatic nitrogens is 1. The summed E-state index contributed by atoms with van der Waals surface area (Å²) in [7, 11) is 0. The normalized spacial score (nSPS) is 17.3. The minimum atomic E-state index is -0.823. The van der Waals surface area contributed by atoms with Gasteiger partial charge in [-0.25, -0.2) is 4.98 Å². The van der Waals surface area contributed by atoms with Gasteiger partial charge in [-0.15, -0.1) is 0 Å². The van der Waals surface area contributed by atoms with Crippen molar-refractivity contribution in [1.29, 1.82) is 0 Å². The van der Waals surface area contributed by atoms with E-state index >= 15 is 0 Å². The number of nitrogens with zero attached hydrogens (tertiary/aromatic N) is 1. The molecule has 1 amide bonds. The number of anilines is 1. The molecule has 1 fully saturated rings. The van der Waals surface area contributed by atoms with E-state index in [0.717, 1.165) is 33.5 Å². The number of carboxylic acid groups (broad SMARTS) is 1. The highest BCUT2D eigenvalue weighted by Gasteiger charge is 2.33. The number of hydrogen-bond acceptors (Lipinski definition) is 8. The first-order valence-corrected chi connectivity index (χ1v) is 17.8. The lowest BCUT2D eigenvalue weighted by molar-refractivity contribution is -0.245. The molecule has 6 rings (SSSR count). The monoisotopic (exact) mass is 692 g/mol. The number of carbonyl (C=O) groups is 2. The van der Waals surface area contributed by atoms with Crippen LogP contribution in [-0.2, 0) is 25.7 Å². The lowest BCUT2D eigenvalue weighted by atomic mass is 10.0. The predicted octanol–water partition coefficient (Wildman–Crippen LogP) is 8.81. The fraction of sp³-hybridized carbons (Fsp3) is 0.275. The Morgan fingerprint density at radius 2 is 1.52 bits per heavy atom. The molecule has 3 atom stereocenters. The maximum Gasteiger partial charge on any atom is 0.303 e. The average molecular weight is 693 g/mol. The number of hydrogen-bond donors (Lipinski definition) is 3. The number of ether oxygens (including phenoxy) is 2. The molecule has 9 nitrogen and oxygen atoms in total. The topological polar surface area (TPSA) is 131 Å². The van der Waals surface area contributed by atoms with Crippen LogP contribution in [0.3, 0.4) is 0 Å². The second kappa shape index (κ2) is 17.3. The van der Waals surface area contributed by atoms with E-state index in [-0.39, 0.29) is 31.1 Å². The first kappa shape index (κ1) is 35.1. The summed E-state index contributed by atoms with van der Waals surface area (Å²) in [6.45, 7) is -0.0380. The molecule has 50 heavy (non-hydrogen) atoms. The maximum absolute atomic E-state index is 12.6. The molecule has 258 valence electrons. The van der Waals surface area contributed by atoms with Crippen LogP contribution >= 0.6 is 11.8 Å². The standard InChI is InChI=1S/C40H40N2O7S/c43-25-27-19-21-28(22-20-27)34-24-33(26-50-40-42-37(29-11-4-1-5-12-29)38(49-40)30-13-6-2-7-14-30)47-39(48-34)31-15-10-16-32(23-31)41-35(44)17-8-3-9-18-36(45)46/h1-2,4-7,10-16,19-23,33-34,39,43H,3,8-9,17-18,24-26H2,(H,41,44)(H,45,46)/t33-,34+,39+/m0/s1. The minimum absolute atomic E-state index is 0.0380. The molecular weight excluding hydrogens is 653 g/mol. The van der Waals surface area contributed by atoms with Crippen molar-refractivity contribution < 1.29 is 33.7 Å². The van der Waals surface area contributed by atoms with Gasteiger partial charge >= 0.3 is 5.97 Å². The van der Waals surface area contributed by atoms with Crippen molar-refractivity contribution in [2.45, 2.75) is 68.9 Å². The predicted molar refractivity (Wildman–Crippen MR) is 192 cm³/mol. The summed E-state index contributed by atoms with van der Waals surface area (Å²) in [5.41, 5.74) is 5.91. The zero-order chi connectivity index (χ0) is 34.7. The Kier molecular flexibility index (Phi) is 12.1. The van der Waals surface area contributed by atoms with Gasteiger partial charge < -0.3 is 29.4 Å². The van der Waals surface area contributed by atoms with Gasteiger partial charge in [-0.1, -0.05) is 115 Å². The lowest BCUT2D eigenvalue weighted by Gasteiger charge is -2.36. The first-order chi connectivity index (χ1) is 24.4. The highest BCUT2D eigenvalue weighted by Crippen LogP contribution is 2.41. The summed E-state index contributed by atoms with van der Waals surface area (Å²) in [6.07, 6.45) is 1.66. The van der Waals surface area contributed by atoms with E-state index in [1.165, 1.54) is 11.8 Å².